The van der Waals surface area contributed by atoms with E-state index < -0.39 is 0 Å². The Balaban J connectivity index is 1.99. The van der Waals surface area contributed by atoms with Crippen LogP contribution in [0, 0.1) is 5.92 Å². The van der Waals surface area contributed by atoms with Gasteiger partial charge in [0.1, 0.15) is 6.61 Å². The molecule has 1 heterocycles. The highest BCUT2D eigenvalue weighted by Crippen LogP contribution is 2.13. The van der Waals surface area contributed by atoms with E-state index in [0.717, 1.165) is 19.5 Å². The summed E-state index contributed by atoms with van der Waals surface area (Å²) in [5, 5.41) is 3.33. The third-order valence-electron chi connectivity index (χ3n) is 2.45. The van der Waals surface area contributed by atoms with Gasteiger partial charge in [0.2, 0.25) is 0 Å². The van der Waals surface area contributed by atoms with Gasteiger partial charge in [-0.25, -0.2) is 4.79 Å². The first-order valence-electron chi connectivity index (χ1n) is 5.18. The molecule has 0 aromatic rings. The van der Waals surface area contributed by atoms with E-state index >= 15 is 0 Å². The number of esters is 1. The largest absolute Gasteiger partial charge is 0.464 e. The van der Waals surface area contributed by atoms with Crippen molar-refractivity contribution in [1.29, 1.82) is 0 Å². The Hall–Kier alpha value is -0.610. The highest BCUT2D eigenvalue weighted by molar-refractivity contribution is 5.70. The number of hydrogen-bond acceptors (Lipinski definition) is 4. The van der Waals surface area contributed by atoms with E-state index in [2.05, 4.69) is 10.1 Å². The van der Waals surface area contributed by atoms with Gasteiger partial charge in [-0.2, -0.15) is 0 Å². The summed E-state index contributed by atoms with van der Waals surface area (Å²) in [6.45, 7) is 2.76. The average Bonchev–Trinajstić information content (AvgIpc) is 2.20. The molecule has 4 nitrogen and oxygen atoms in total. The highest BCUT2D eigenvalue weighted by Gasteiger charge is 2.13. The maximum atomic E-state index is 10.9. The molecule has 82 valence electrons. The normalized spacial score (nSPS) is 21.9. The van der Waals surface area contributed by atoms with Crippen molar-refractivity contribution >= 4 is 5.97 Å². The zero-order valence-corrected chi connectivity index (χ0v) is 8.75. The summed E-state index contributed by atoms with van der Waals surface area (Å²) in [6.07, 6.45) is 3.44. The summed E-state index contributed by atoms with van der Waals surface area (Å²) in [5.74, 6) is 0.398. The lowest BCUT2D eigenvalue weighted by atomic mass is 9.97. The monoisotopic (exact) mass is 201 g/mol. The van der Waals surface area contributed by atoms with Gasteiger partial charge in [0.05, 0.1) is 6.61 Å². The molecular weight excluding hydrogens is 182 g/mol. The van der Waals surface area contributed by atoms with Crippen LogP contribution in [-0.4, -0.2) is 39.4 Å². The minimum atomic E-state index is -0.267. The minimum Gasteiger partial charge on any atom is -0.464 e. The Kier molecular flexibility index (Phi) is 5.56. The van der Waals surface area contributed by atoms with Gasteiger partial charge < -0.3 is 14.8 Å². The molecule has 1 rings (SSSR count). The number of rotatable bonds is 5. The van der Waals surface area contributed by atoms with Gasteiger partial charge in [-0.3, -0.25) is 0 Å². The molecule has 0 unspecified atom stereocenters. The average molecular weight is 201 g/mol. The summed E-state index contributed by atoms with van der Waals surface area (Å²) in [7, 11) is 1.49. The molecule has 0 aromatic carbocycles. The van der Waals surface area contributed by atoms with E-state index in [4.69, 9.17) is 4.74 Å². The van der Waals surface area contributed by atoms with Gasteiger partial charge >= 0.3 is 5.97 Å². The highest BCUT2D eigenvalue weighted by atomic mass is 16.6. The molecule has 1 saturated heterocycles. The molecule has 0 aliphatic carbocycles. The van der Waals surface area contributed by atoms with Gasteiger partial charge in [-0.15, -0.1) is 0 Å². The van der Waals surface area contributed by atoms with Crippen molar-refractivity contribution in [3.05, 3.63) is 0 Å². The second-order valence-corrected chi connectivity index (χ2v) is 3.65. The minimum absolute atomic E-state index is 0.0584. The van der Waals surface area contributed by atoms with Crippen LogP contribution in [-0.2, 0) is 14.3 Å². The van der Waals surface area contributed by atoms with Crippen molar-refractivity contribution in [3.63, 3.8) is 0 Å². The van der Waals surface area contributed by atoms with Crippen molar-refractivity contribution in [1.82, 2.24) is 5.32 Å². The van der Waals surface area contributed by atoms with Crippen LogP contribution >= 0.6 is 0 Å². The van der Waals surface area contributed by atoms with Crippen molar-refractivity contribution in [2.24, 2.45) is 5.92 Å². The van der Waals surface area contributed by atoms with Crippen LogP contribution < -0.4 is 5.32 Å². The zero-order chi connectivity index (χ0) is 10.2. The number of piperidine rings is 1. The fourth-order valence-corrected chi connectivity index (χ4v) is 1.67. The molecular formula is C10H19NO3. The first-order valence-corrected chi connectivity index (χ1v) is 5.18. The van der Waals surface area contributed by atoms with Crippen LogP contribution in [0.15, 0.2) is 0 Å². The van der Waals surface area contributed by atoms with Gasteiger partial charge in [0, 0.05) is 7.11 Å². The fourth-order valence-electron chi connectivity index (χ4n) is 1.67. The number of nitrogens with one attached hydrogen (secondary N) is 1. The second-order valence-electron chi connectivity index (χ2n) is 3.65. The third-order valence-corrected chi connectivity index (χ3v) is 2.45. The number of carbonyl (C=O) groups is 1. The predicted molar refractivity (Wildman–Crippen MR) is 53.0 cm³/mol. The molecule has 0 radical (unpaired) electrons. The number of hydrogen-bond donors (Lipinski definition) is 1. The maximum Gasteiger partial charge on any atom is 0.332 e. The van der Waals surface area contributed by atoms with Crippen LogP contribution in [0.25, 0.3) is 0 Å². The fraction of sp³-hybridized carbons (Fsp3) is 0.900. The Morgan fingerprint density at radius 3 is 3.07 bits per heavy atom. The van der Waals surface area contributed by atoms with Gasteiger partial charge in [0.25, 0.3) is 0 Å². The first kappa shape index (κ1) is 11.5. The van der Waals surface area contributed by atoms with Gasteiger partial charge in [-0.1, -0.05) is 0 Å². The second kappa shape index (κ2) is 6.79. The molecule has 0 saturated carbocycles. The molecule has 0 spiro atoms. The molecule has 0 aromatic heterocycles. The van der Waals surface area contributed by atoms with E-state index in [1.807, 2.05) is 0 Å². The third kappa shape index (κ3) is 4.58. The van der Waals surface area contributed by atoms with E-state index in [9.17, 15) is 4.79 Å². The molecule has 0 amide bonds. The maximum absolute atomic E-state index is 10.9. The van der Waals surface area contributed by atoms with E-state index in [-0.39, 0.29) is 12.6 Å². The van der Waals surface area contributed by atoms with Crippen LogP contribution in [0.2, 0.25) is 0 Å². The summed E-state index contributed by atoms with van der Waals surface area (Å²) < 4.78 is 9.65. The Morgan fingerprint density at radius 2 is 2.43 bits per heavy atom. The topological polar surface area (TPSA) is 47.6 Å². The lowest BCUT2D eigenvalue weighted by Crippen LogP contribution is -2.30. The number of methoxy groups -OCH3 is 1. The van der Waals surface area contributed by atoms with E-state index in [1.165, 1.54) is 20.0 Å². The Bertz CT molecular complexity index is 167. The van der Waals surface area contributed by atoms with Crippen LogP contribution in [0.3, 0.4) is 0 Å². The lowest BCUT2D eigenvalue weighted by molar-refractivity contribution is -0.148. The zero-order valence-electron chi connectivity index (χ0n) is 8.75. The molecule has 1 aliphatic rings. The summed E-state index contributed by atoms with van der Waals surface area (Å²) in [4.78, 5) is 10.9. The van der Waals surface area contributed by atoms with Gasteiger partial charge in [-0.05, 0) is 38.3 Å². The SMILES string of the molecule is COCC(=O)OCC[C@H]1CCCNC1. The molecule has 1 N–H and O–H groups in total. The summed E-state index contributed by atoms with van der Waals surface area (Å²) >= 11 is 0. The van der Waals surface area contributed by atoms with Crippen LogP contribution in [0.5, 0.6) is 0 Å². The van der Waals surface area contributed by atoms with Crippen LogP contribution in [0.4, 0.5) is 0 Å². The van der Waals surface area contributed by atoms with E-state index in [0.29, 0.717) is 12.5 Å². The molecule has 1 aliphatic heterocycles. The molecule has 14 heavy (non-hydrogen) atoms. The molecule has 4 heteroatoms. The molecule has 0 bridgehead atoms. The van der Waals surface area contributed by atoms with Gasteiger partial charge in [0.15, 0.2) is 0 Å². The number of carbonyl (C=O) groups excluding carboxylic acids is 1. The smallest absolute Gasteiger partial charge is 0.332 e. The quantitative estimate of drug-likeness (QED) is 0.660. The van der Waals surface area contributed by atoms with Crippen molar-refractivity contribution in [2.45, 2.75) is 19.3 Å². The van der Waals surface area contributed by atoms with Crippen molar-refractivity contribution in [2.75, 3.05) is 33.4 Å². The lowest BCUT2D eigenvalue weighted by Gasteiger charge is -2.22. The molecule has 1 atom stereocenters. The summed E-state index contributed by atoms with van der Waals surface area (Å²) in [5.41, 5.74) is 0. The van der Waals surface area contributed by atoms with Crippen molar-refractivity contribution in [3.8, 4) is 0 Å². The number of ether oxygens (including phenoxy) is 2. The Labute approximate surface area is 85.0 Å². The Morgan fingerprint density at radius 1 is 1.57 bits per heavy atom. The molecule has 1 fully saturated rings. The predicted octanol–water partition coefficient (Wildman–Crippen LogP) is 0.566. The van der Waals surface area contributed by atoms with E-state index in [1.54, 1.807) is 0 Å². The standard InChI is InChI=1S/C10H19NO3/c1-13-8-10(12)14-6-4-9-3-2-5-11-7-9/h9,11H,2-8H2,1H3/t9-/m1/s1. The first-order chi connectivity index (χ1) is 6.83. The van der Waals surface area contributed by atoms with Crippen LogP contribution in [0.1, 0.15) is 19.3 Å². The summed E-state index contributed by atoms with van der Waals surface area (Å²) in [6, 6.07) is 0. The van der Waals surface area contributed by atoms with Crippen molar-refractivity contribution < 1.29 is 14.3 Å².